The minimum Gasteiger partial charge on any atom is -0.369 e. The van der Waals surface area contributed by atoms with Crippen molar-refractivity contribution in [2.24, 2.45) is 0 Å². The molecule has 0 unspecified atom stereocenters. The summed E-state index contributed by atoms with van der Waals surface area (Å²) in [7, 11) is -3.03. The highest BCUT2D eigenvalue weighted by Crippen LogP contribution is 2.44. The molecule has 0 saturated heterocycles. The zero-order chi connectivity index (χ0) is 16.8. The third-order valence-electron chi connectivity index (χ3n) is 3.81. The third kappa shape index (κ3) is 3.48. The van der Waals surface area contributed by atoms with E-state index in [1.165, 1.54) is 0 Å². The van der Waals surface area contributed by atoms with E-state index in [2.05, 4.69) is 5.32 Å². The molecule has 0 aromatic heterocycles. The van der Waals surface area contributed by atoms with E-state index < -0.39 is 7.14 Å². The summed E-state index contributed by atoms with van der Waals surface area (Å²) >= 11 is 5.58. The van der Waals surface area contributed by atoms with Crippen LogP contribution in [0.1, 0.15) is 5.56 Å². The second kappa shape index (κ2) is 7.57. The van der Waals surface area contributed by atoms with E-state index in [9.17, 15) is 4.57 Å². The predicted octanol–water partition coefficient (Wildman–Crippen LogP) is 4.08. The van der Waals surface area contributed by atoms with Crippen molar-refractivity contribution in [2.45, 2.75) is 6.54 Å². The Morgan fingerprint density at radius 3 is 1.62 bits per heavy atom. The average molecular weight is 351 g/mol. The number of benzene rings is 3. The molecule has 0 aliphatic carbocycles. The highest BCUT2D eigenvalue weighted by atomic mass is 32.1. The second-order valence-corrected chi connectivity index (χ2v) is 8.83. The van der Waals surface area contributed by atoms with Gasteiger partial charge in [0.15, 0.2) is 7.14 Å². The Hall–Kier alpha value is -2.22. The zero-order valence-electron chi connectivity index (χ0n) is 13.1. The van der Waals surface area contributed by atoms with E-state index in [0.29, 0.717) is 11.3 Å². The first kappa shape index (κ1) is 16.6. The standard InChI is InChI=1S/C20H18NOPS/c22-23(18-12-6-2-7-13-18,19-14-8-3-9-15-19)20(24)21-16-17-10-4-1-5-11-17/h1-15H,16H2,(H,21,24). The van der Waals surface area contributed by atoms with Gasteiger partial charge in [0.05, 0.1) is 0 Å². The van der Waals surface area contributed by atoms with Crippen LogP contribution in [0.2, 0.25) is 0 Å². The molecule has 3 aromatic rings. The highest BCUT2D eigenvalue weighted by molar-refractivity contribution is 8.07. The molecular weight excluding hydrogens is 333 g/mol. The predicted molar refractivity (Wildman–Crippen MR) is 106 cm³/mol. The summed E-state index contributed by atoms with van der Waals surface area (Å²) in [5, 5.41) is 4.71. The molecule has 0 atom stereocenters. The zero-order valence-corrected chi connectivity index (χ0v) is 14.8. The quantitative estimate of drug-likeness (QED) is 0.555. The number of thiocarbonyl (C=S) groups is 1. The smallest absolute Gasteiger partial charge is 0.196 e. The molecule has 0 amide bonds. The molecule has 0 radical (unpaired) electrons. The van der Waals surface area contributed by atoms with Crippen LogP contribution in [0, 0.1) is 0 Å². The maximum atomic E-state index is 13.9. The molecule has 0 fully saturated rings. The van der Waals surface area contributed by atoms with E-state index in [4.69, 9.17) is 12.2 Å². The maximum absolute atomic E-state index is 13.9. The molecule has 0 saturated carbocycles. The SMILES string of the molecule is O=P(C(=S)NCc1ccccc1)(c1ccccc1)c1ccccc1. The van der Waals surface area contributed by atoms with Crippen LogP contribution in [0.5, 0.6) is 0 Å². The Bertz CT molecular complexity index is 807. The van der Waals surface area contributed by atoms with Crippen LogP contribution >= 0.6 is 19.4 Å². The molecule has 4 heteroatoms. The first-order chi connectivity index (χ1) is 11.7. The van der Waals surface area contributed by atoms with Crippen LogP contribution in [0.4, 0.5) is 0 Å². The number of hydrogen-bond donors (Lipinski definition) is 1. The van der Waals surface area contributed by atoms with Crippen molar-refractivity contribution in [3.8, 4) is 0 Å². The fourth-order valence-electron chi connectivity index (χ4n) is 2.54. The molecular formula is C20H18NOPS. The van der Waals surface area contributed by atoms with Gasteiger partial charge in [-0.25, -0.2) is 0 Å². The van der Waals surface area contributed by atoms with Gasteiger partial charge in [-0.05, 0) is 5.56 Å². The van der Waals surface area contributed by atoms with Gasteiger partial charge in [-0.1, -0.05) is 103 Å². The summed E-state index contributed by atoms with van der Waals surface area (Å²) in [5.41, 5.74) is 1.10. The van der Waals surface area contributed by atoms with E-state index >= 15 is 0 Å². The number of nitrogens with one attached hydrogen (secondary N) is 1. The summed E-state index contributed by atoms with van der Waals surface area (Å²) in [6.45, 7) is 0.559. The topological polar surface area (TPSA) is 29.1 Å². The third-order valence-corrected chi connectivity index (χ3v) is 7.51. The monoisotopic (exact) mass is 351 g/mol. The normalized spacial score (nSPS) is 11.0. The number of rotatable bonds is 5. The molecule has 0 aliphatic heterocycles. The Labute approximate surface area is 147 Å². The molecule has 3 aromatic carbocycles. The van der Waals surface area contributed by atoms with Crippen LogP contribution in [0.3, 0.4) is 0 Å². The van der Waals surface area contributed by atoms with Gasteiger partial charge in [0, 0.05) is 17.2 Å². The van der Waals surface area contributed by atoms with Crippen molar-refractivity contribution in [3.63, 3.8) is 0 Å². The van der Waals surface area contributed by atoms with Gasteiger partial charge in [0.25, 0.3) is 0 Å². The second-order valence-electron chi connectivity index (χ2n) is 5.42. The first-order valence-electron chi connectivity index (χ1n) is 7.75. The van der Waals surface area contributed by atoms with E-state index in [1.807, 2.05) is 91.0 Å². The molecule has 2 nitrogen and oxygen atoms in total. The van der Waals surface area contributed by atoms with Gasteiger partial charge in [0.2, 0.25) is 0 Å². The van der Waals surface area contributed by atoms with Crippen LogP contribution in [-0.2, 0) is 11.1 Å². The molecule has 0 heterocycles. The van der Waals surface area contributed by atoms with Gasteiger partial charge in [-0.2, -0.15) is 0 Å². The number of hydrogen-bond acceptors (Lipinski definition) is 2. The van der Waals surface area contributed by atoms with Crippen molar-refractivity contribution in [3.05, 3.63) is 96.6 Å². The summed E-state index contributed by atoms with van der Waals surface area (Å²) in [6, 6.07) is 28.9. The van der Waals surface area contributed by atoms with E-state index in [1.54, 1.807) is 0 Å². The fraction of sp³-hybridized carbons (Fsp3) is 0.0500. The minimum atomic E-state index is -3.03. The lowest BCUT2D eigenvalue weighted by Crippen LogP contribution is -2.30. The lowest BCUT2D eigenvalue weighted by molar-refractivity contribution is 0.593. The summed E-state index contributed by atoms with van der Waals surface area (Å²) < 4.78 is 14.3. The molecule has 24 heavy (non-hydrogen) atoms. The Kier molecular flexibility index (Phi) is 5.24. The van der Waals surface area contributed by atoms with Crippen molar-refractivity contribution >= 4 is 34.7 Å². The minimum absolute atomic E-state index is 0.392. The average Bonchev–Trinajstić information content (AvgIpc) is 2.67. The molecule has 1 N–H and O–H groups in total. The Morgan fingerprint density at radius 1 is 0.750 bits per heavy atom. The largest absolute Gasteiger partial charge is 0.369 e. The molecule has 0 bridgehead atoms. The lowest BCUT2D eigenvalue weighted by Gasteiger charge is -2.21. The van der Waals surface area contributed by atoms with Gasteiger partial charge in [-0.15, -0.1) is 0 Å². The summed E-state index contributed by atoms with van der Waals surface area (Å²) in [5.74, 6) is 0. The molecule has 0 spiro atoms. The van der Waals surface area contributed by atoms with Gasteiger partial charge in [-0.3, -0.25) is 0 Å². The van der Waals surface area contributed by atoms with Crippen LogP contribution in [0.15, 0.2) is 91.0 Å². The van der Waals surface area contributed by atoms with E-state index in [0.717, 1.165) is 16.2 Å². The van der Waals surface area contributed by atoms with Crippen LogP contribution in [-0.4, -0.2) is 4.73 Å². The highest BCUT2D eigenvalue weighted by Gasteiger charge is 2.32. The fourth-order valence-corrected chi connectivity index (χ4v) is 5.50. The van der Waals surface area contributed by atoms with E-state index in [-0.39, 0.29) is 0 Å². The summed E-state index contributed by atoms with van der Waals surface area (Å²) in [6.07, 6.45) is 0. The first-order valence-corrected chi connectivity index (χ1v) is 9.86. The van der Waals surface area contributed by atoms with Crippen molar-refractivity contribution in [2.75, 3.05) is 0 Å². The maximum Gasteiger partial charge on any atom is 0.196 e. The van der Waals surface area contributed by atoms with Crippen LogP contribution in [0.25, 0.3) is 0 Å². The summed E-state index contributed by atoms with van der Waals surface area (Å²) in [4.78, 5) is 0. The lowest BCUT2D eigenvalue weighted by atomic mass is 10.2. The van der Waals surface area contributed by atoms with Gasteiger partial charge in [0.1, 0.15) is 4.73 Å². The Balaban J connectivity index is 1.93. The molecule has 120 valence electrons. The van der Waals surface area contributed by atoms with Crippen LogP contribution < -0.4 is 15.9 Å². The van der Waals surface area contributed by atoms with Crippen molar-refractivity contribution in [1.82, 2.24) is 5.32 Å². The van der Waals surface area contributed by atoms with Gasteiger partial charge >= 0.3 is 0 Å². The Morgan fingerprint density at radius 2 is 1.17 bits per heavy atom. The van der Waals surface area contributed by atoms with Gasteiger partial charge < -0.3 is 9.88 Å². The van der Waals surface area contributed by atoms with Crippen molar-refractivity contribution in [1.29, 1.82) is 0 Å². The molecule has 3 rings (SSSR count). The van der Waals surface area contributed by atoms with Crippen molar-refractivity contribution < 1.29 is 4.57 Å². The molecule has 0 aliphatic rings.